The molecule has 0 amide bonds. The Hall–Kier alpha value is -7.96. The van der Waals surface area contributed by atoms with E-state index in [-0.39, 0.29) is 12.1 Å². The van der Waals surface area contributed by atoms with Gasteiger partial charge in [-0.25, -0.2) is 0 Å². The minimum atomic E-state index is -0.500. The molecule has 2 aliphatic heterocycles. The van der Waals surface area contributed by atoms with Crippen LogP contribution in [0.2, 0.25) is 0 Å². The highest BCUT2D eigenvalue weighted by Crippen LogP contribution is 2.70. The fourth-order valence-electron chi connectivity index (χ4n) is 15.4. The van der Waals surface area contributed by atoms with Crippen molar-refractivity contribution in [1.82, 2.24) is 0 Å². The molecule has 2 spiro atoms. The Morgan fingerprint density at radius 1 is 0.423 bits per heavy atom. The van der Waals surface area contributed by atoms with Gasteiger partial charge in [0.15, 0.2) is 0 Å². The van der Waals surface area contributed by atoms with Crippen molar-refractivity contribution in [2.75, 3.05) is 9.80 Å². The molecular weight excluding hydrogens is 980 g/mol. The standard InChI is InChI=1S/C73H55BN2S2/c1-41(2)44-30-37-53-59(40-44)73(56-25-15-10-20-50(56)51-21-11-16-26-57(51)73)68-63(53)66-70(78-68)74-64-60(38-43(4)39-61(64)76(66)47-35-31-45(32-36-47)71(5,6)7)75(46-33-28-42(3)29-34-46)65-62-52-22-12-17-27-58(52)72(67(62)77-69(65)74)54-23-13-8-18-48(54)49-19-9-14-24-55(49)72/h8-41H,1-7H3. The number of anilines is 6. The van der Waals surface area contributed by atoms with Gasteiger partial charge in [0.2, 0.25) is 0 Å². The van der Waals surface area contributed by atoms with Crippen LogP contribution in [-0.2, 0) is 16.2 Å². The molecular formula is C73H55BN2S2. The Morgan fingerprint density at radius 2 is 0.821 bits per heavy atom. The zero-order valence-electron chi connectivity index (χ0n) is 44.9. The van der Waals surface area contributed by atoms with E-state index in [0.29, 0.717) is 5.92 Å². The van der Waals surface area contributed by atoms with Crippen LogP contribution in [0.1, 0.15) is 106 Å². The van der Waals surface area contributed by atoms with E-state index in [1.807, 2.05) is 0 Å². The van der Waals surface area contributed by atoms with Crippen LogP contribution in [0, 0.1) is 13.8 Å². The van der Waals surface area contributed by atoms with Gasteiger partial charge in [0.05, 0.1) is 22.2 Å². The van der Waals surface area contributed by atoms with Crippen molar-refractivity contribution >= 4 is 78.5 Å². The number of hydrogen-bond acceptors (Lipinski definition) is 4. The molecule has 372 valence electrons. The molecule has 0 radical (unpaired) electrons. The van der Waals surface area contributed by atoms with Gasteiger partial charge in [-0.05, 0) is 150 Å². The molecule has 0 unspecified atom stereocenters. The van der Waals surface area contributed by atoms with E-state index < -0.39 is 10.8 Å². The maximum atomic E-state index is 2.71. The third-order valence-electron chi connectivity index (χ3n) is 18.7. The second-order valence-electron chi connectivity index (χ2n) is 24.2. The predicted molar refractivity (Wildman–Crippen MR) is 331 cm³/mol. The van der Waals surface area contributed by atoms with E-state index in [4.69, 9.17) is 0 Å². The monoisotopic (exact) mass is 1030 g/mol. The Bertz CT molecular complexity index is 4360. The minimum Gasteiger partial charge on any atom is -0.310 e. The number of rotatable bonds is 3. The summed E-state index contributed by atoms with van der Waals surface area (Å²) in [6.45, 7) is 16.2. The molecule has 5 heteroatoms. The molecule has 0 saturated heterocycles. The Labute approximate surface area is 466 Å². The first-order valence-corrected chi connectivity index (χ1v) is 29.5. The summed E-state index contributed by atoms with van der Waals surface area (Å²) < 4.78 is 2.85. The third kappa shape index (κ3) is 5.40. The van der Waals surface area contributed by atoms with Gasteiger partial charge in [-0.15, -0.1) is 22.7 Å². The summed E-state index contributed by atoms with van der Waals surface area (Å²) in [5, 5.41) is 0. The molecule has 4 heterocycles. The van der Waals surface area contributed by atoms with E-state index in [1.165, 1.54) is 159 Å². The number of aryl methyl sites for hydroxylation is 2. The van der Waals surface area contributed by atoms with Crippen molar-refractivity contribution < 1.29 is 0 Å². The second kappa shape index (κ2) is 15.4. The average Bonchev–Trinajstić information content (AvgIpc) is 3.05. The smallest absolute Gasteiger partial charge is 0.277 e. The van der Waals surface area contributed by atoms with Gasteiger partial charge in [0.1, 0.15) is 0 Å². The van der Waals surface area contributed by atoms with Gasteiger partial charge >= 0.3 is 0 Å². The predicted octanol–water partition coefficient (Wildman–Crippen LogP) is 17.6. The van der Waals surface area contributed by atoms with E-state index in [9.17, 15) is 0 Å². The topological polar surface area (TPSA) is 6.48 Å². The van der Waals surface area contributed by atoms with Crippen molar-refractivity contribution in [3.63, 3.8) is 0 Å². The SMILES string of the molecule is Cc1ccc(N2c3cc(C)cc4c3B(c3sc5c(c32)-c2ccccc2C52c3ccccc3-c3ccccc32)c2sc3c(c2N4c2ccc(C(C)(C)C)cc2)-c2ccc(C(C)C)cc2C32c3ccccc3-c3ccccc32)cc1. The van der Waals surface area contributed by atoms with Crippen molar-refractivity contribution in [3.05, 3.63) is 266 Å². The molecule has 0 atom stereocenters. The first-order chi connectivity index (χ1) is 38.0. The van der Waals surface area contributed by atoms with Gasteiger partial charge in [0.25, 0.3) is 6.71 Å². The summed E-state index contributed by atoms with van der Waals surface area (Å²) in [5.74, 6) is 0.378. The quantitative estimate of drug-likeness (QED) is 0.163. The first kappa shape index (κ1) is 45.1. The van der Waals surface area contributed by atoms with Crippen molar-refractivity contribution in [3.8, 4) is 44.5 Å². The van der Waals surface area contributed by atoms with Crippen LogP contribution in [0.5, 0.6) is 0 Å². The van der Waals surface area contributed by atoms with Crippen LogP contribution in [0.4, 0.5) is 34.1 Å². The second-order valence-corrected chi connectivity index (χ2v) is 26.3. The number of fused-ring (bicyclic) bond motifs is 26. The normalized spacial score (nSPS) is 15.4. The van der Waals surface area contributed by atoms with Crippen molar-refractivity contribution in [2.45, 2.75) is 70.6 Å². The van der Waals surface area contributed by atoms with E-state index in [1.54, 1.807) is 0 Å². The van der Waals surface area contributed by atoms with E-state index >= 15 is 0 Å². The van der Waals surface area contributed by atoms with Gasteiger partial charge in [-0.2, -0.15) is 0 Å². The molecule has 0 saturated carbocycles. The first-order valence-electron chi connectivity index (χ1n) is 27.9. The summed E-state index contributed by atoms with van der Waals surface area (Å²) in [4.78, 5) is 8.28. The summed E-state index contributed by atoms with van der Waals surface area (Å²) in [6, 6.07) is 78.2. The largest absolute Gasteiger partial charge is 0.310 e. The maximum Gasteiger partial charge on any atom is 0.277 e. The summed E-state index contributed by atoms with van der Waals surface area (Å²) in [7, 11) is 0. The van der Waals surface area contributed by atoms with Crippen LogP contribution in [-0.4, -0.2) is 6.71 Å². The Morgan fingerprint density at radius 3 is 1.27 bits per heavy atom. The highest BCUT2D eigenvalue weighted by atomic mass is 32.1. The highest BCUT2D eigenvalue weighted by molar-refractivity contribution is 7.37. The maximum absolute atomic E-state index is 2.71. The van der Waals surface area contributed by atoms with E-state index in [2.05, 4.69) is 281 Å². The van der Waals surface area contributed by atoms with Crippen LogP contribution in [0.25, 0.3) is 44.5 Å². The molecule has 4 aliphatic carbocycles. The average molecular weight is 1040 g/mol. The lowest BCUT2D eigenvalue weighted by Gasteiger charge is -2.43. The molecule has 2 nitrogen and oxygen atoms in total. The van der Waals surface area contributed by atoms with Gasteiger partial charge in [0, 0.05) is 53.2 Å². The molecule has 0 N–H and O–H groups in total. The van der Waals surface area contributed by atoms with Gasteiger partial charge in [-0.1, -0.05) is 204 Å². The van der Waals surface area contributed by atoms with Crippen molar-refractivity contribution in [2.24, 2.45) is 0 Å². The molecule has 9 aromatic carbocycles. The molecule has 11 aromatic rings. The number of thiophene rings is 2. The van der Waals surface area contributed by atoms with Crippen LogP contribution in [0.3, 0.4) is 0 Å². The fraction of sp³-hybridized carbons (Fsp3) is 0.151. The zero-order chi connectivity index (χ0) is 52.3. The molecule has 0 fully saturated rings. The highest BCUT2D eigenvalue weighted by Gasteiger charge is 2.60. The third-order valence-corrected chi connectivity index (χ3v) is 21.4. The Balaban J connectivity index is 1.04. The molecule has 0 bridgehead atoms. The lowest BCUT2D eigenvalue weighted by Crippen LogP contribution is -2.59. The lowest BCUT2D eigenvalue weighted by molar-refractivity contribution is 0.590. The number of nitrogens with zero attached hydrogens (tertiary/aromatic N) is 2. The van der Waals surface area contributed by atoms with Crippen LogP contribution < -0.4 is 24.8 Å². The van der Waals surface area contributed by atoms with E-state index in [0.717, 1.165) is 0 Å². The molecule has 2 aromatic heterocycles. The van der Waals surface area contributed by atoms with Crippen LogP contribution in [0.15, 0.2) is 200 Å². The zero-order valence-corrected chi connectivity index (χ0v) is 46.6. The Kier molecular flexibility index (Phi) is 8.91. The summed E-state index contributed by atoms with van der Waals surface area (Å²) >= 11 is 4.20. The molecule has 17 rings (SSSR count). The van der Waals surface area contributed by atoms with Crippen LogP contribution >= 0.6 is 22.7 Å². The summed E-state index contributed by atoms with van der Waals surface area (Å²) in [6.07, 6.45) is 0. The van der Waals surface area contributed by atoms with Gasteiger partial charge in [-0.3, -0.25) is 0 Å². The number of hydrogen-bond donors (Lipinski definition) is 0. The lowest BCUT2D eigenvalue weighted by atomic mass is 9.39. The van der Waals surface area contributed by atoms with Crippen molar-refractivity contribution in [1.29, 1.82) is 0 Å². The minimum absolute atomic E-state index is 0.00630. The number of benzene rings is 9. The summed E-state index contributed by atoms with van der Waals surface area (Å²) in [5.41, 5.74) is 32.3. The van der Waals surface area contributed by atoms with Gasteiger partial charge < -0.3 is 9.80 Å². The molecule has 78 heavy (non-hydrogen) atoms. The molecule has 6 aliphatic rings. The fourth-order valence-corrected chi connectivity index (χ4v) is 18.8.